The Kier molecular flexibility index (Phi) is 2.82. The highest BCUT2D eigenvalue weighted by Gasteiger charge is 2.21. The normalized spacial score (nSPS) is 16.4. The summed E-state index contributed by atoms with van der Waals surface area (Å²) in [6.45, 7) is 2.07. The first-order valence-corrected chi connectivity index (χ1v) is 5.87. The molecular weight excluding hydrogens is 196 g/mol. The standard InChI is InChI=1S/C10H14N2OS/c1-2-8-6-11-10(14-8)9(13)12-7-4-3-5-7/h6-7H,2-5H2,1H3,(H,12,13). The lowest BCUT2D eigenvalue weighted by Gasteiger charge is -2.25. The summed E-state index contributed by atoms with van der Waals surface area (Å²) >= 11 is 1.49. The van der Waals surface area contributed by atoms with Crippen molar-refractivity contribution in [3.8, 4) is 0 Å². The van der Waals surface area contributed by atoms with Crippen molar-refractivity contribution >= 4 is 17.2 Å². The SMILES string of the molecule is CCc1cnc(C(=O)NC2CCC2)s1. The molecule has 3 nitrogen and oxygen atoms in total. The van der Waals surface area contributed by atoms with Crippen molar-refractivity contribution in [2.24, 2.45) is 0 Å². The third-order valence-corrected chi connectivity index (χ3v) is 3.68. The number of hydrogen-bond acceptors (Lipinski definition) is 3. The van der Waals surface area contributed by atoms with Crippen LogP contribution in [0.4, 0.5) is 0 Å². The fraction of sp³-hybridized carbons (Fsp3) is 0.600. The molecule has 2 rings (SSSR count). The minimum Gasteiger partial charge on any atom is -0.347 e. The van der Waals surface area contributed by atoms with Gasteiger partial charge in [0.1, 0.15) is 0 Å². The van der Waals surface area contributed by atoms with Crippen LogP contribution in [-0.4, -0.2) is 16.9 Å². The summed E-state index contributed by atoms with van der Waals surface area (Å²) in [5, 5.41) is 3.58. The maximum absolute atomic E-state index is 11.6. The van der Waals surface area contributed by atoms with Crippen molar-refractivity contribution in [2.75, 3.05) is 0 Å². The Balaban J connectivity index is 1.95. The summed E-state index contributed by atoms with van der Waals surface area (Å²) in [7, 11) is 0. The number of nitrogens with zero attached hydrogens (tertiary/aromatic N) is 1. The van der Waals surface area contributed by atoms with Crippen LogP contribution in [0.2, 0.25) is 0 Å². The van der Waals surface area contributed by atoms with E-state index < -0.39 is 0 Å². The topological polar surface area (TPSA) is 42.0 Å². The number of carbonyl (C=O) groups excluding carboxylic acids is 1. The molecule has 1 amide bonds. The molecule has 0 radical (unpaired) electrons. The lowest BCUT2D eigenvalue weighted by atomic mass is 9.93. The Hall–Kier alpha value is -0.900. The van der Waals surface area contributed by atoms with E-state index in [1.807, 2.05) is 0 Å². The van der Waals surface area contributed by atoms with Crippen LogP contribution in [0.3, 0.4) is 0 Å². The van der Waals surface area contributed by atoms with E-state index in [0.717, 1.165) is 19.3 Å². The lowest BCUT2D eigenvalue weighted by Crippen LogP contribution is -2.39. The average molecular weight is 210 g/mol. The number of rotatable bonds is 3. The molecule has 0 saturated heterocycles. The minimum absolute atomic E-state index is 0.000556. The molecule has 1 aromatic rings. The van der Waals surface area contributed by atoms with E-state index in [1.54, 1.807) is 6.20 Å². The third-order valence-electron chi connectivity index (χ3n) is 2.54. The predicted octanol–water partition coefficient (Wildman–Crippen LogP) is 1.99. The molecule has 0 atom stereocenters. The Morgan fingerprint density at radius 1 is 1.71 bits per heavy atom. The summed E-state index contributed by atoms with van der Waals surface area (Å²) < 4.78 is 0. The van der Waals surface area contributed by atoms with Gasteiger partial charge in [0.25, 0.3) is 5.91 Å². The van der Waals surface area contributed by atoms with E-state index in [9.17, 15) is 4.79 Å². The Morgan fingerprint density at radius 3 is 3.00 bits per heavy atom. The first-order chi connectivity index (χ1) is 6.79. The lowest BCUT2D eigenvalue weighted by molar-refractivity contribution is 0.0916. The first-order valence-electron chi connectivity index (χ1n) is 5.05. The second-order valence-electron chi connectivity index (χ2n) is 3.59. The predicted molar refractivity (Wildman–Crippen MR) is 56.6 cm³/mol. The summed E-state index contributed by atoms with van der Waals surface area (Å²) in [6.07, 6.45) is 6.23. The van der Waals surface area contributed by atoms with Gasteiger partial charge >= 0.3 is 0 Å². The summed E-state index contributed by atoms with van der Waals surface area (Å²) in [5.74, 6) is -0.000556. The largest absolute Gasteiger partial charge is 0.347 e. The van der Waals surface area contributed by atoms with Crippen LogP contribution in [0.5, 0.6) is 0 Å². The molecule has 0 unspecified atom stereocenters. The van der Waals surface area contributed by atoms with Crippen LogP contribution in [0.25, 0.3) is 0 Å². The molecule has 1 aromatic heterocycles. The van der Waals surface area contributed by atoms with Crippen LogP contribution >= 0.6 is 11.3 Å². The third kappa shape index (κ3) is 1.95. The highest BCUT2D eigenvalue weighted by atomic mass is 32.1. The highest BCUT2D eigenvalue weighted by Crippen LogP contribution is 2.19. The smallest absolute Gasteiger partial charge is 0.280 e. The monoisotopic (exact) mass is 210 g/mol. The van der Waals surface area contributed by atoms with E-state index in [4.69, 9.17) is 0 Å². The molecule has 1 aliphatic carbocycles. The number of hydrogen-bond donors (Lipinski definition) is 1. The van der Waals surface area contributed by atoms with Gasteiger partial charge in [0.05, 0.1) is 0 Å². The molecule has 0 bridgehead atoms. The molecule has 1 fully saturated rings. The van der Waals surface area contributed by atoms with Crippen molar-refractivity contribution in [2.45, 2.75) is 38.6 Å². The van der Waals surface area contributed by atoms with Gasteiger partial charge < -0.3 is 5.32 Å². The number of nitrogens with one attached hydrogen (secondary N) is 1. The maximum Gasteiger partial charge on any atom is 0.280 e. The van der Waals surface area contributed by atoms with E-state index in [0.29, 0.717) is 11.0 Å². The molecule has 0 aromatic carbocycles. The fourth-order valence-corrected chi connectivity index (χ4v) is 2.13. The first kappa shape index (κ1) is 9.65. The van der Waals surface area contributed by atoms with Crippen molar-refractivity contribution in [3.63, 3.8) is 0 Å². The summed E-state index contributed by atoms with van der Waals surface area (Å²) in [5.41, 5.74) is 0. The van der Waals surface area contributed by atoms with Gasteiger partial charge in [0.15, 0.2) is 5.01 Å². The zero-order valence-electron chi connectivity index (χ0n) is 8.25. The Morgan fingerprint density at radius 2 is 2.50 bits per heavy atom. The zero-order chi connectivity index (χ0) is 9.97. The van der Waals surface area contributed by atoms with E-state index in [1.165, 1.54) is 22.6 Å². The van der Waals surface area contributed by atoms with Gasteiger partial charge in [-0.25, -0.2) is 4.98 Å². The molecule has 76 valence electrons. The van der Waals surface area contributed by atoms with Crippen LogP contribution < -0.4 is 5.32 Å². The van der Waals surface area contributed by atoms with Crippen LogP contribution in [-0.2, 0) is 6.42 Å². The van der Waals surface area contributed by atoms with Gasteiger partial charge in [-0.1, -0.05) is 6.92 Å². The molecule has 4 heteroatoms. The Bertz CT molecular complexity index is 331. The Labute approximate surface area is 87.6 Å². The number of amides is 1. The van der Waals surface area contributed by atoms with Gasteiger partial charge in [-0.05, 0) is 25.7 Å². The van der Waals surface area contributed by atoms with Gasteiger partial charge in [-0.3, -0.25) is 4.79 Å². The molecule has 14 heavy (non-hydrogen) atoms. The van der Waals surface area contributed by atoms with Crippen molar-refractivity contribution in [1.82, 2.24) is 10.3 Å². The maximum atomic E-state index is 11.6. The molecule has 1 N–H and O–H groups in total. The zero-order valence-corrected chi connectivity index (χ0v) is 9.06. The van der Waals surface area contributed by atoms with Crippen LogP contribution in [0.15, 0.2) is 6.20 Å². The highest BCUT2D eigenvalue weighted by molar-refractivity contribution is 7.13. The van der Waals surface area contributed by atoms with Gasteiger partial charge in [-0.2, -0.15) is 0 Å². The molecular formula is C10H14N2OS. The van der Waals surface area contributed by atoms with E-state index >= 15 is 0 Å². The number of aryl methyl sites for hydroxylation is 1. The number of carbonyl (C=O) groups is 1. The quantitative estimate of drug-likeness (QED) is 0.829. The van der Waals surface area contributed by atoms with E-state index in [-0.39, 0.29) is 5.91 Å². The van der Waals surface area contributed by atoms with Gasteiger partial charge in [-0.15, -0.1) is 11.3 Å². The number of thiazole rings is 1. The molecule has 0 aliphatic heterocycles. The van der Waals surface area contributed by atoms with Crippen molar-refractivity contribution in [3.05, 3.63) is 16.1 Å². The summed E-state index contributed by atoms with van der Waals surface area (Å²) in [6, 6.07) is 0.400. The van der Waals surface area contributed by atoms with Crippen LogP contribution in [0, 0.1) is 0 Å². The van der Waals surface area contributed by atoms with Crippen LogP contribution in [0.1, 0.15) is 40.9 Å². The van der Waals surface area contributed by atoms with Gasteiger partial charge in [0, 0.05) is 17.1 Å². The second kappa shape index (κ2) is 4.09. The van der Waals surface area contributed by atoms with Gasteiger partial charge in [0.2, 0.25) is 0 Å². The molecule has 1 aliphatic rings. The van der Waals surface area contributed by atoms with Crippen molar-refractivity contribution in [1.29, 1.82) is 0 Å². The molecule has 0 spiro atoms. The number of aromatic nitrogens is 1. The minimum atomic E-state index is -0.000556. The fourth-order valence-electron chi connectivity index (χ4n) is 1.38. The van der Waals surface area contributed by atoms with Crippen molar-refractivity contribution < 1.29 is 4.79 Å². The summed E-state index contributed by atoms with van der Waals surface area (Å²) in [4.78, 5) is 16.9. The molecule has 1 heterocycles. The van der Waals surface area contributed by atoms with E-state index in [2.05, 4.69) is 17.2 Å². The second-order valence-corrected chi connectivity index (χ2v) is 4.70. The molecule has 1 saturated carbocycles. The average Bonchev–Trinajstić information content (AvgIpc) is 2.59.